The predicted molar refractivity (Wildman–Crippen MR) is 80.8 cm³/mol. The van der Waals surface area contributed by atoms with E-state index in [-0.39, 0.29) is 5.97 Å². The van der Waals surface area contributed by atoms with E-state index in [1.807, 2.05) is 20.1 Å². The van der Waals surface area contributed by atoms with Crippen molar-refractivity contribution in [2.75, 3.05) is 12.9 Å². The van der Waals surface area contributed by atoms with Gasteiger partial charge in [0.2, 0.25) is 0 Å². The van der Waals surface area contributed by atoms with Gasteiger partial charge >= 0.3 is 5.97 Å². The highest BCUT2D eigenvalue weighted by atomic mass is 32.2. The fourth-order valence-corrected chi connectivity index (χ4v) is 2.82. The summed E-state index contributed by atoms with van der Waals surface area (Å²) in [6, 6.07) is 6.21. The van der Waals surface area contributed by atoms with Gasteiger partial charge in [0.15, 0.2) is 0 Å². The first-order valence-corrected chi connectivity index (χ1v) is 7.67. The Kier molecular flexibility index (Phi) is 4.49. The first-order chi connectivity index (χ1) is 9.56. The van der Waals surface area contributed by atoms with Crippen LogP contribution in [0.3, 0.4) is 0 Å². The van der Waals surface area contributed by atoms with Crippen LogP contribution in [0.1, 0.15) is 28.4 Å². The van der Waals surface area contributed by atoms with Crippen molar-refractivity contribution >= 4 is 17.7 Å². The van der Waals surface area contributed by atoms with Gasteiger partial charge in [0, 0.05) is 0 Å². The summed E-state index contributed by atoms with van der Waals surface area (Å²) in [5.41, 5.74) is 3.81. The molecule has 5 heteroatoms. The van der Waals surface area contributed by atoms with Gasteiger partial charge in [0.1, 0.15) is 10.6 Å². The zero-order valence-electron chi connectivity index (χ0n) is 12.1. The quantitative estimate of drug-likeness (QED) is 0.639. The molecule has 1 aromatic heterocycles. The molecule has 0 fully saturated rings. The molecule has 0 saturated heterocycles. The van der Waals surface area contributed by atoms with Gasteiger partial charge < -0.3 is 4.74 Å². The summed E-state index contributed by atoms with van der Waals surface area (Å²) >= 11 is 1.49. The molecule has 2 rings (SSSR count). The van der Waals surface area contributed by atoms with E-state index in [0.717, 1.165) is 10.7 Å². The van der Waals surface area contributed by atoms with Crippen molar-refractivity contribution in [2.45, 2.75) is 25.8 Å². The lowest BCUT2D eigenvalue weighted by molar-refractivity contribution is 0.0522. The van der Waals surface area contributed by atoms with Crippen LogP contribution in [0.25, 0.3) is 5.69 Å². The molecular formula is C15H18N2O2S. The Bertz CT molecular complexity index is 615. The van der Waals surface area contributed by atoms with E-state index in [2.05, 4.69) is 23.3 Å². The lowest BCUT2D eigenvalue weighted by Gasteiger charge is -2.09. The number of thioether (sulfide) groups is 1. The first-order valence-electron chi connectivity index (χ1n) is 6.44. The predicted octanol–water partition coefficient (Wildman–Crippen LogP) is 3.39. The van der Waals surface area contributed by atoms with Crippen LogP contribution in [0.2, 0.25) is 0 Å². The summed E-state index contributed by atoms with van der Waals surface area (Å²) < 4.78 is 6.85. The number of aromatic nitrogens is 2. The van der Waals surface area contributed by atoms with Gasteiger partial charge in [0.05, 0.1) is 18.5 Å². The van der Waals surface area contributed by atoms with Crippen molar-refractivity contribution in [3.63, 3.8) is 0 Å². The summed E-state index contributed by atoms with van der Waals surface area (Å²) in [6.45, 7) is 6.25. The SMILES string of the molecule is CCOC(=O)c1cnn(-c2cc(C)cc(C)c2)c1SC. The van der Waals surface area contributed by atoms with E-state index in [1.165, 1.54) is 22.9 Å². The fraction of sp³-hybridized carbons (Fsp3) is 0.333. The van der Waals surface area contributed by atoms with Crippen LogP contribution in [0.4, 0.5) is 0 Å². The van der Waals surface area contributed by atoms with Crippen molar-refractivity contribution in [3.05, 3.63) is 41.1 Å². The Morgan fingerprint density at radius 3 is 2.50 bits per heavy atom. The minimum absolute atomic E-state index is 0.326. The summed E-state index contributed by atoms with van der Waals surface area (Å²) in [4.78, 5) is 11.9. The van der Waals surface area contributed by atoms with Crippen molar-refractivity contribution in [2.24, 2.45) is 0 Å². The van der Waals surface area contributed by atoms with E-state index in [4.69, 9.17) is 4.74 Å². The molecule has 0 unspecified atom stereocenters. The highest BCUT2D eigenvalue weighted by Gasteiger charge is 2.19. The minimum Gasteiger partial charge on any atom is -0.462 e. The Hall–Kier alpha value is -1.75. The normalized spacial score (nSPS) is 10.6. The molecule has 2 aromatic rings. The molecule has 0 bridgehead atoms. The lowest BCUT2D eigenvalue weighted by Crippen LogP contribution is -2.06. The van der Waals surface area contributed by atoms with Crippen LogP contribution in [0.15, 0.2) is 29.4 Å². The van der Waals surface area contributed by atoms with E-state index in [0.29, 0.717) is 12.2 Å². The van der Waals surface area contributed by atoms with Crippen LogP contribution in [-0.4, -0.2) is 28.6 Å². The van der Waals surface area contributed by atoms with Crippen molar-refractivity contribution in [3.8, 4) is 5.69 Å². The molecule has 106 valence electrons. The van der Waals surface area contributed by atoms with Gasteiger partial charge in [0.25, 0.3) is 0 Å². The maximum atomic E-state index is 11.9. The van der Waals surface area contributed by atoms with Crippen LogP contribution < -0.4 is 0 Å². The molecule has 4 nitrogen and oxygen atoms in total. The maximum absolute atomic E-state index is 11.9. The monoisotopic (exact) mass is 290 g/mol. The molecule has 0 atom stereocenters. The first kappa shape index (κ1) is 14.7. The number of carbonyl (C=O) groups excluding carboxylic acids is 1. The standard InChI is InChI=1S/C15H18N2O2S/c1-5-19-15(18)13-9-16-17(14(13)20-4)12-7-10(2)6-11(3)8-12/h6-9H,5H2,1-4H3. The zero-order valence-corrected chi connectivity index (χ0v) is 13.0. The number of nitrogens with zero attached hydrogens (tertiary/aromatic N) is 2. The summed E-state index contributed by atoms with van der Waals surface area (Å²) in [5, 5.41) is 5.14. The van der Waals surface area contributed by atoms with E-state index in [9.17, 15) is 4.79 Å². The molecule has 1 aromatic carbocycles. The third kappa shape index (κ3) is 2.88. The molecule has 0 radical (unpaired) electrons. The average molecular weight is 290 g/mol. The zero-order chi connectivity index (χ0) is 14.7. The molecule has 1 heterocycles. The maximum Gasteiger partial charge on any atom is 0.342 e. The van der Waals surface area contributed by atoms with Crippen LogP contribution in [-0.2, 0) is 4.74 Å². The van der Waals surface area contributed by atoms with Crippen LogP contribution in [0, 0.1) is 13.8 Å². The van der Waals surface area contributed by atoms with E-state index >= 15 is 0 Å². The number of ether oxygens (including phenoxy) is 1. The molecule has 0 spiro atoms. The van der Waals surface area contributed by atoms with Crippen LogP contribution >= 0.6 is 11.8 Å². The third-order valence-corrected chi connectivity index (χ3v) is 3.64. The van der Waals surface area contributed by atoms with Gasteiger partial charge in [-0.2, -0.15) is 5.10 Å². The number of esters is 1. The number of hydrogen-bond acceptors (Lipinski definition) is 4. The average Bonchev–Trinajstić information content (AvgIpc) is 2.81. The summed E-state index contributed by atoms with van der Waals surface area (Å²) in [6.07, 6.45) is 3.50. The molecule has 0 aliphatic heterocycles. The second-order valence-electron chi connectivity index (χ2n) is 4.55. The van der Waals surface area contributed by atoms with Crippen LogP contribution in [0.5, 0.6) is 0 Å². The van der Waals surface area contributed by atoms with Gasteiger partial charge in [-0.25, -0.2) is 9.48 Å². The second kappa shape index (κ2) is 6.13. The summed E-state index contributed by atoms with van der Waals surface area (Å²) in [5.74, 6) is -0.326. The number of hydrogen-bond donors (Lipinski definition) is 0. The number of aryl methyl sites for hydroxylation is 2. The Morgan fingerprint density at radius 2 is 1.95 bits per heavy atom. The highest BCUT2D eigenvalue weighted by molar-refractivity contribution is 7.98. The fourth-order valence-electron chi connectivity index (χ4n) is 2.14. The number of benzene rings is 1. The van der Waals surface area contributed by atoms with Gasteiger partial charge in [-0.1, -0.05) is 6.07 Å². The summed E-state index contributed by atoms with van der Waals surface area (Å²) in [7, 11) is 0. The topological polar surface area (TPSA) is 44.1 Å². The Labute approximate surface area is 123 Å². The molecule has 0 saturated carbocycles. The number of rotatable bonds is 4. The van der Waals surface area contributed by atoms with Crippen molar-refractivity contribution < 1.29 is 9.53 Å². The third-order valence-electron chi connectivity index (χ3n) is 2.86. The van der Waals surface area contributed by atoms with Crippen molar-refractivity contribution in [1.82, 2.24) is 9.78 Å². The van der Waals surface area contributed by atoms with E-state index < -0.39 is 0 Å². The highest BCUT2D eigenvalue weighted by Crippen LogP contribution is 2.25. The minimum atomic E-state index is -0.326. The largest absolute Gasteiger partial charge is 0.462 e. The number of carbonyl (C=O) groups is 1. The molecule has 0 aliphatic rings. The second-order valence-corrected chi connectivity index (χ2v) is 5.34. The lowest BCUT2D eigenvalue weighted by atomic mass is 10.1. The van der Waals surface area contributed by atoms with Gasteiger partial charge in [-0.15, -0.1) is 11.8 Å². The molecule has 20 heavy (non-hydrogen) atoms. The van der Waals surface area contributed by atoms with Crippen molar-refractivity contribution in [1.29, 1.82) is 0 Å². The molecular weight excluding hydrogens is 272 g/mol. The Balaban J connectivity index is 2.50. The van der Waals surface area contributed by atoms with E-state index in [1.54, 1.807) is 17.8 Å². The molecule has 0 aliphatic carbocycles. The molecule has 0 N–H and O–H groups in total. The van der Waals surface area contributed by atoms with Gasteiger partial charge in [-0.3, -0.25) is 0 Å². The smallest absolute Gasteiger partial charge is 0.342 e. The Morgan fingerprint density at radius 1 is 1.30 bits per heavy atom. The molecule has 0 amide bonds. The van der Waals surface area contributed by atoms with Gasteiger partial charge in [-0.05, 0) is 50.3 Å².